The topological polar surface area (TPSA) is 111 Å². The number of rotatable bonds is 3. The van der Waals surface area contributed by atoms with Crippen molar-refractivity contribution in [3.8, 4) is 5.69 Å². The van der Waals surface area contributed by atoms with Crippen molar-refractivity contribution < 1.29 is 14.8 Å². The van der Waals surface area contributed by atoms with E-state index in [0.29, 0.717) is 11.0 Å². The maximum Gasteiger partial charge on any atom is 0.338 e. The number of nitro groups is 1. The van der Waals surface area contributed by atoms with Crippen LogP contribution in [0.4, 0.5) is 5.69 Å². The summed E-state index contributed by atoms with van der Waals surface area (Å²) >= 11 is 0. The maximum atomic E-state index is 11.3. The molecule has 3 rings (SSSR count). The molecule has 3 aromatic rings. The van der Waals surface area contributed by atoms with Gasteiger partial charge in [-0.3, -0.25) is 10.1 Å². The van der Waals surface area contributed by atoms with Gasteiger partial charge in [0.2, 0.25) is 0 Å². The third kappa shape index (κ3) is 2.08. The molecule has 0 radical (unpaired) electrons. The molecule has 0 unspecified atom stereocenters. The Labute approximate surface area is 117 Å². The third-order valence-electron chi connectivity index (χ3n) is 3.00. The van der Waals surface area contributed by atoms with Crippen LogP contribution >= 0.6 is 0 Å². The van der Waals surface area contributed by atoms with Gasteiger partial charge in [0.25, 0.3) is 5.69 Å². The van der Waals surface area contributed by atoms with Crippen molar-refractivity contribution in [1.82, 2.24) is 15.0 Å². The molecule has 0 amide bonds. The predicted octanol–water partition coefficient (Wildman–Crippen LogP) is 2.03. The second kappa shape index (κ2) is 4.67. The number of carbonyl (C=O) groups is 1. The number of non-ortho nitro benzene ring substituents is 1. The van der Waals surface area contributed by atoms with Crippen LogP contribution in [0, 0.1) is 10.1 Å². The number of fused-ring (bicyclic) bond motifs is 1. The van der Waals surface area contributed by atoms with Gasteiger partial charge in [-0.05, 0) is 18.2 Å². The lowest BCUT2D eigenvalue weighted by Crippen LogP contribution is -2.07. The summed E-state index contributed by atoms with van der Waals surface area (Å²) in [6.45, 7) is 0. The van der Waals surface area contributed by atoms with E-state index in [9.17, 15) is 20.0 Å². The average molecular weight is 284 g/mol. The Balaban J connectivity index is 2.27. The van der Waals surface area contributed by atoms with Crippen molar-refractivity contribution in [3.63, 3.8) is 0 Å². The highest BCUT2D eigenvalue weighted by atomic mass is 16.6. The number of nitrogens with zero attached hydrogens (tertiary/aromatic N) is 4. The zero-order chi connectivity index (χ0) is 15.0. The van der Waals surface area contributed by atoms with E-state index >= 15 is 0 Å². The number of carboxylic acids is 1. The molecule has 1 heterocycles. The van der Waals surface area contributed by atoms with Crippen LogP contribution in [0.25, 0.3) is 16.7 Å². The number of aromatic carboxylic acids is 1. The molecule has 0 saturated carbocycles. The SMILES string of the molecule is O=C(O)c1cc([N+](=O)[O-])ccc1-n1nnc2ccccc21. The second-order valence-corrected chi connectivity index (χ2v) is 4.25. The summed E-state index contributed by atoms with van der Waals surface area (Å²) in [4.78, 5) is 21.5. The summed E-state index contributed by atoms with van der Waals surface area (Å²) in [6.07, 6.45) is 0. The van der Waals surface area contributed by atoms with Crippen LogP contribution in [0.2, 0.25) is 0 Å². The zero-order valence-corrected chi connectivity index (χ0v) is 10.5. The summed E-state index contributed by atoms with van der Waals surface area (Å²) in [5.41, 5.74) is 0.947. The smallest absolute Gasteiger partial charge is 0.338 e. The van der Waals surface area contributed by atoms with Crippen molar-refractivity contribution in [3.05, 3.63) is 58.1 Å². The summed E-state index contributed by atoms with van der Waals surface area (Å²) in [6, 6.07) is 10.6. The third-order valence-corrected chi connectivity index (χ3v) is 3.00. The van der Waals surface area contributed by atoms with Crippen LogP contribution in [0.1, 0.15) is 10.4 Å². The minimum atomic E-state index is -1.27. The van der Waals surface area contributed by atoms with Crippen molar-refractivity contribution in [1.29, 1.82) is 0 Å². The lowest BCUT2D eigenvalue weighted by atomic mass is 10.1. The Morgan fingerprint density at radius 1 is 1.24 bits per heavy atom. The van der Waals surface area contributed by atoms with Gasteiger partial charge in [0.05, 0.1) is 21.7 Å². The number of aromatic nitrogens is 3. The summed E-state index contributed by atoms with van der Waals surface area (Å²) < 4.78 is 1.35. The lowest BCUT2D eigenvalue weighted by Gasteiger charge is -2.06. The van der Waals surface area contributed by atoms with Crippen LogP contribution < -0.4 is 0 Å². The summed E-state index contributed by atoms with van der Waals surface area (Å²) in [5.74, 6) is -1.27. The number of carboxylic acid groups (broad SMARTS) is 1. The van der Waals surface area contributed by atoms with E-state index in [0.717, 1.165) is 6.07 Å². The van der Waals surface area contributed by atoms with E-state index in [-0.39, 0.29) is 16.9 Å². The minimum Gasteiger partial charge on any atom is -0.478 e. The van der Waals surface area contributed by atoms with Gasteiger partial charge in [-0.25, -0.2) is 9.48 Å². The highest BCUT2D eigenvalue weighted by Gasteiger charge is 2.19. The predicted molar refractivity (Wildman–Crippen MR) is 72.5 cm³/mol. The molecule has 0 aliphatic rings. The normalized spacial score (nSPS) is 10.7. The fraction of sp³-hybridized carbons (Fsp3) is 0. The van der Waals surface area contributed by atoms with E-state index in [1.54, 1.807) is 24.3 Å². The largest absolute Gasteiger partial charge is 0.478 e. The quantitative estimate of drug-likeness (QED) is 0.581. The van der Waals surface area contributed by atoms with Gasteiger partial charge in [0.1, 0.15) is 5.52 Å². The highest BCUT2D eigenvalue weighted by molar-refractivity contribution is 5.93. The van der Waals surface area contributed by atoms with Gasteiger partial charge >= 0.3 is 5.97 Å². The zero-order valence-electron chi connectivity index (χ0n) is 10.5. The first-order valence-electron chi connectivity index (χ1n) is 5.90. The van der Waals surface area contributed by atoms with E-state index in [1.165, 1.54) is 16.8 Å². The van der Waals surface area contributed by atoms with Crippen LogP contribution in [-0.4, -0.2) is 31.0 Å². The molecular weight excluding hydrogens is 276 g/mol. The van der Waals surface area contributed by atoms with Crippen LogP contribution in [0.15, 0.2) is 42.5 Å². The molecule has 0 bridgehead atoms. The number of hydrogen-bond donors (Lipinski definition) is 1. The van der Waals surface area contributed by atoms with Crippen LogP contribution in [0.5, 0.6) is 0 Å². The molecule has 0 aliphatic carbocycles. The van der Waals surface area contributed by atoms with Gasteiger partial charge in [-0.15, -0.1) is 5.10 Å². The van der Waals surface area contributed by atoms with E-state index in [1.807, 2.05) is 0 Å². The first-order valence-corrected chi connectivity index (χ1v) is 5.90. The molecule has 1 aromatic heterocycles. The van der Waals surface area contributed by atoms with Crippen molar-refractivity contribution in [2.45, 2.75) is 0 Å². The maximum absolute atomic E-state index is 11.3. The number of nitro benzene ring substituents is 1. The minimum absolute atomic E-state index is 0.208. The van der Waals surface area contributed by atoms with Crippen molar-refractivity contribution in [2.24, 2.45) is 0 Å². The first-order chi connectivity index (χ1) is 10.1. The molecule has 0 aliphatic heterocycles. The molecule has 2 aromatic carbocycles. The molecule has 8 nitrogen and oxygen atoms in total. The molecule has 0 atom stereocenters. The number of hydrogen-bond acceptors (Lipinski definition) is 5. The second-order valence-electron chi connectivity index (χ2n) is 4.25. The van der Waals surface area contributed by atoms with E-state index in [4.69, 9.17) is 0 Å². The van der Waals surface area contributed by atoms with E-state index < -0.39 is 10.9 Å². The fourth-order valence-electron chi connectivity index (χ4n) is 2.04. The molecule has 0 fully saturated rings. The van der Waals surface area contributed by atoms with Crippen LogP contribution in [0.3, 0.4) is 0 Å². The van der Waals surface area contributed by atoms with Gasteiger partial charge in [-0.2, -0.15) is 0 Å². The molecule has 104 valence electrons. The monoisotopic (exact) mass is 284 g/mol. The fourth-order valence-corrected chi connectivity index (χ4v) is 2.04. The molecule has 0 spiro atoms. The van der Waals surface area contributed by atoms with Gasteiger partial charge in [-0.1, -0.05) is 17.3 Å². The Morgan fingerprint density at radius 2 is 2.00 bits per heavy atom. The summed E-state index contributed by atoms with van der Waals surface area (Å²) in [5, 5.41) is 27.9. The van der Waals surface area contributed by atoms with Crippen molar-refractivity contribution >= 4 is 22.7 Å². The number of benzene rings is 2. The summed E-state index contributed by atoms with van der Waals surface area (Å²) in [7, 11) is 0. The highest BCUT2D eigenvalue weighted by Crippen LogP contribution is 2.23. The number of para-hydroxylation sites is 1. The first kappa shape index (κ1) is 12.7. The Hall–Kier alpha value is -3.29. The van der Waals surface area contributed by atoms with E-state index in [2.05, 4.69) is 10.3 Å². The molecule has 8 heteroatoms. The van der Waals surface area contributed by atoms with Crippen LogP contribution in [-0.2, 0) is 0 Å². The molecule has 21 heavy (non-hydrogen) atoms. The molecule has 1 N–H and O–H groups in total. The molecule has 0 saturated heterocycles. The standard InChI is InChI=1S/C13H8N4O4/c18-13(19)9-7-8(17(20)21)5-6-11(9)16-12-4-2-1-3-10(12)14-15-16/h1-7H,(H,18,19). The lowest BCUT2D eigenvalue weighted by molar-refractivity contribution is -0.384. The van der Waals surface area contributed by atoms with Crippen molar-refractivity contribution in [2.75, 3.05) is 0 Å². The molecular formula is C13H8N4O4. The van der Waals surface area contributed by atoms with Gasteiger partial charge in [0, 0.05) is 12.1 Å². The Bertz CT molecular complexity index is 871. The average Bonchev–Trinajstić information content (AvgIpc) is 2.90. The Morgan fingerprint density at radius 3 is 2.71 bits per heavy atom. The van der Waals surface area contributed by atoms with Gasteiger partial charge in [0.15, 0.2) is 0 Å². The van der Waals surface area contributed by atoms with Gasteiger partial charge < -0.3 is 5.11 Å². The Kier molecular flexibility index (Phi) is 2.83.